The van der Waals surface area contributed by atoms with Gasteiger partial charge in [0.1, 0.15) is 0 Å². The molecular weight excluding hydrogens is 197 g/mol. The monoisotopic (exact) mass is 208 g/mol. The predicted molar refractivity (Wildman–Crippen MR) is 60.8 cm³/mol. The minimum atomic E-state index is 0. The van der Waals surface area contributed by atoms with E-state index in [1.165, 1.54) is 5.46 Å². The van der Waals surface area contributed by atoms with E-state index >= 15 is 0 Å². The molecule has 1 radical (unpaired) electrons. The van der Waals surface area contributed by atoms with E-state index in [9.17, 15) is 0 Å². The molecule has 0 aliphatic heterocycles. The molecule has 0 amide bonds. The van der Waals surface area contributed by atoms with Crippen LogP contribution in [0, 0.1) is 0 Å². The molecule has 0 saturated heterocycles. The summed E-state index contributed by atoms with van der Waals surface area (Å²) in [5.41, 5.74) is 1.20. The highest BCUT2D eigenvalue weighted by Crippen LogP contribution is 1.87. The van der Waals surface area contributed by atoms with E-state index in [1.54, 1.807) is 11.3 Å². The minimum absolute atomic E-state index is 0. The molecule has 0 atom stereocenters. The van der Waals surface area contributed by atoms with Crippen LogP contribution in [0.5, 0.6) is 0 Å². The molecule has 0 spiro atoms. The van der Waals surface area contributed by atoms with Crippen LogP contribution in [0.3, 0.4) is 0 Å². The molecule has 1 aromatic heterocycles. The Morgan fingerprint density at radius 2 is 1.79 bits per heavy atom. The number of aromatic nitrogens is 1. The number of benzene rings is 1. The highest BCUT2D eigenvalue weighted by Gasteiger charge is 1.99. The topological polar surface area (TPSA) is 75.9 Å². The van der Waals surface area contributed by atoms with Crippen LogP contribution >= 0.6 is 11.3 Å². The van der Waals surface area contributed by atoms with Crippen LogP contribution in [-0.4, -0.2) is 23.2 Å². The van der Waals surface area contributed by atoms with Crippen LogP contribution in [0.1, 0.15) is 0 Å². The molecular formula is C9H11BNO2S. The van der Waals surface area contributed by atoms with Crippen molar-refractivity contribution >= 4 is 29.0 Å². The van der Waals surface area contributed by atoms with Crippen molar-refractivity contribution in [3.05, 3.63) is 41.9 Å². The van der Waals surface area contributed by atoms with Gasteiger partial charge in [-0.2, -0.15) is 0 Å². The van der Waals surface area contributed by atoms with E-state index < -0.39 is 0 Å². The molecule has 0 aliphatic carbocycles. The fourth-order valence-electron chi connectivity index (χ4n) is 0.998. The SMILES string of the molecule is O.O.[B](c1ccccc1)c1nccs1. The predicted octanol–water partition coefficient (Wildman–Crippen LogP) is -0.851. The molecule has 14 heavy (non-hydrogen) atoms. The summed E-state index contributed by atoms with van der Waals surface area (Å²) in [7, 11) is 2.07. The van der Waals surface area contributed by atoms with Crippen LogP contribution < -0.4 is 10.4 Å². The molecule has 2 rings (SSSR count). The molecule has 2 aromatic rings. The lowest BCUT2D eigenvalue weighted by atomic mass is 9.71. The minimum Gasteiger partial charge on any atom is -0.412 e. The van der Waals surface area contributed by atoms with Gasteiger partial charge in [-0.05, 0) is 0 Å². The van der Waals surface area contributed by atoms with Gasteiger partial charge in [0.15, 0.2) is 0 Å². The zero-order chi connectivity index (χ0) is 8.23. The Labute approximate surface area is 87.3 Å². The van der Waals surface area contributed by atoms with E-state index in [2.05, 4.69) is 24.4 Å². The first-order chi connectivity index (χ1) is 5.95. The van der Waals surface area contributed by atoms with Gasteiger partial charge in [-0.25, -0.2) is 0 Å². The lowest BCUT2D eigenvalue weighted by molar-refractivity contribution is 0.823. The molecule has 0 saturated carbocycles. The zero-order valence-corrected chi connectivity index (χ0v) is 8.29. The Balaban J connectivity index is 0.000000845. The molecule has 4 N–H and O–H groups in total. The largest absolute Gasteiger partial charge is 0.412 e. The van der Waals surface area contributed by atoms with Crippen molar-refractivity contribution in [1.82, 2.24) is 4.98 Å². The molecule has 0 unspecified atom stereocenters. The van der Waals surface area contributed by atoms with Gasteiger partial charge >= 0.3 is 0 Å². The normalized spacial score (nSPS) is 8.29. The molecule has 1 heterocycles. The average molecular weight is 208 g/mol. The van der Waals surface area contributed by atoms with E-state index in [0.29, 0.717) is 0 Å². The van der Waals surface area contributed by atoms with Crippen molar-refractivity contribution in [2.75, 3.05) is 0 Å². The summed E-state index contributed by atoms with van der Waals surface area (Å²) in [5.74, 6) is 0. The Bertz CT molecular complexity index is 339. The fourth-order valence-corrected chi connectivity index (χ4v) is 1.58. The first kappa shape index (κ1) is 12.8. The number of nitrogens with zero attached hydrogens (tertiary/aromatic N) is 1. The lowest BCUT2D eigenvalue weighted by Crippen LogP contribution is -2.25. The standard InChI is InChI=1S/C9H7BNS.2H2O/c1-2-4-8(5-3-1)10-9-11-6-7-12-9;;/h1-7H;2*1H2. The van der Waals surface area contributed by atoms with Crippen LogP contribution in [0.15, 0.2) is 41.9 Å². The van der Waals surface area contributed by atoms with E-state index in [4.69, 9.17) is 0 Å². The van der Waals surface area contributed by atoms with E-state index in [0.717, 1.165) is 4.91 Å². The Hall–Kier alpha value is -1.17. The number of thiazole rings is 1. The molecule has 0 bridgehead atoms. The number of hydrogen-bond donors (Lipinski definition) is 0. The smallest absolute Gasteiger partial charge is 0.231 e. The second-order valence-electron chi connectivity index (χ2n) is 2.43. The quantitative estimate of drug-likeness (QED) is 0.592. The van der Waals surface area contributed by atoms with Gasteiger partial charge in [0, 0.05) is 11.6 Å². The van der Waals surface area contributed by atoms with E-state index in [1.807, 2.05) is 29.8 Å². The second-order valence-corrected chi connectivity index (χ2v) is 3.35. The van der Waals surface area contributed by atoms with Crippen LogP contribution in [0.2, 0.25) is 0 Å². The van der Waals surface area contributed by atoms with Crippen LogP contribution in [0.4, 0.5) is 0 Å². The van der Waals surface area contributed by atoms with Gasteiger partial charge in [-0.3, -0.25) is 4.98 Å². The van der Waals surface area contributed by atoms with Crippen molar-refractivity contribution in [1.29, 1.82) is 0 Å². The zero-order valence-electron chi connectivity index (χ0n) is 7.47. The summed E-state index contributed by atoms with van der Waals surface area (Å²) in [5, 5.41) is 1.98. The van der Waals surface area contributed by atoms with Crippen molar-refractivity contribution in [3.8, 4) is 0 Å². The highest BCUT2D eigenvalue weighted by atomic mass is 32.1. The Kier molecular flexibility index (Phi) is 5.79. The van der Waals surface area contributed by atoms with Crippen molar-refractivity contribution in [2.45, 2.75) is 0 Å². The third kappa shape index (κ3) is 3.29. The molecule has 0 aliphatic rings. The van der Waals surface area contributed by atoms with E-state index in [-0.39, 0.29) is 11.0 Å². The molecule has 1 aromatic carbocycles. The maximum absolute atomic E-state index is 4.17. The molecule has 5 heteroatoms. The first-order valence-electron chi connectivity index (χ1n) is 3.74. The summed E-state index contributed by atoms with van der Waals surface area (Å²) in [6, 6.07) is 10.2. The summed E-state index contributed by atoms with van der Waals surface area (Å²) >= 11 is 1.65. The summed E-state index contributed by atoms with van der Waals surface area (Å²) in [4.78, 5) is 5.23. The van der Waals surface area contributed by atoms with Crippen molar-refractivity contribution < 1.29 is 11.0 Å². The molecule has 73 valence electrons. The van der Waals surface area contributed by atoms with Gasteiger partial charge < -0.3 is 11.0 Å². The van der Waals surface area contributed by atoms with Crippen LogP contribution in [-0.2, 0) is 0 Å². The lowest BCUT2D eigenvalue weighted by Gasteiger charge is -1.93. The van der Waals surface area contributed by atoms with Gasteiger partial charge in [-0.15, -0.1) is 11.3 Å². The maximum Gasteiger partial charge on any atom is 0.231 e. The average Bonchev–Trinajstić information content (AvgIpc) is 2.59. The summed E-state index contributed by atoms with van der Waals surface area (Å²) in [6.45, 7) is 0. The van der Waals surface area contributed by atoms with Gasteiger partial charge in [-0.1, -0.05) is 35.8 Å². The third-order valence-corrected chi connectivity index (χ3v) is 2.26. The Morgan fingerprint density at radius 3 is 2.36 bits per heavy atom. The first-order valence-corrected chi connectivity index (χ1v) is 4.62. The second kappa shape index (κ2) is 6.31. The maximum atomic E-state index is 4.17. The third-order valence-electron chi connectivity index (χ3n) is 1.54. The molecule has 0 fully saturated rings. The number of rotatable bonds is 2. The summed E-state index contributed by atoms with van der Waals surface area (Å²) < 4.78 is 0. The van der Waals surface area contributed by atoms with Gasteiger partial charge in [0.2, 0.25) is 7.28 Å². The number of hydrogen-bond acceptors (Lipinski definition) is 2. The fraction of sp³-hybridized carbons (Fsp3) is 0. The highest BCUT2D eigenvalue weighted by molar-refractivity contribution is 7.20. The van der Waals surface area contributed by atoms with Crippen molar-refractivity contribution in [2.24, 2.45) is 0 Å². The molecule has 3 nitrogen and oxygen atoms in total. The van der Waals surface area contributed by atoms with Gasteiger partial charge in [0.05, 0.1) is 4.91 Å². The summed E-state index contributed by atoms with van der Waals surface area (Å²) in [6.07, 6.45) is 1.82. The van der Waals surface area contributed by atoms with Crippen LogP contribution in [0.25, 0.3) is 0 Å². The van der Waals surface area contributed by atoms with Gasteiger partial charge in [0.25, 0.3) is 0 Å². The van der Waals surface area contributed by atoms with Crippen molar-refractivity contribution in [3.63, 3.8) is 0 Å². The Morgan fingerprint density at radius 1 is 1.07 bits per heavy atom.